The van der Waals surface area contributed by atoms with E-state index in [-0.39, 0.29) is 18.2 Å². The van der Waals surface area contributed by atoms with Crippen LogP contribution in [0, 0.1) is 11.7 Å². The van der Waals surface area contributed by atoms with Crippen molar-refractivity contribution in [3.8, 4) is 0 Å². The number of urea groups is 1. The van der Waals surface area contributed by atoms with E-state index in [1.807, 2.05) is 0 Å². The lowest BCUT2D eigenvalue weighted by atomic mass is 9.99. The monoisotopic (exact) mass is 348 g/mol. The van der Waals surface area contributed by atoms with Gasteiger partial charge in [0.2, 0.25) is 6.43 Å². The van der Waals surface area contributed by atoms with Crippen LogP contribution in [0.2, 0.25) is 0 Å². The van der Waals surface area contributed by atoms with Crippen molar-refractivity contribution in [1.82, 2.24) is 4.90 Å². The van der Waals surface area contributed by atoms with Gasteiger partial charge in [-0.1, -0.05) is 0 Å². The molecule has 1 aliphatic rings. The first-order valence-corrected chi connectivity index (χ1v) is 8.35. The largest absolute Gasteiger partial charge is 0.396 e. The molecule has 1 saturated heterocycles. The van der Waals surface area contributed by atoms with Crippen LogP contribution in [0.1, 0.15) is 12.8 Å². The molecule has 4 nitrogen and oxygen atoms in total. The van der Waals surface area contributed by atoms with Gasteiger partial charge in [-0.3, -0.25) is 0 Å². The Labute approximate surface area is 137 Å². The Balaban J connectivity index is 2.05. The first-order valence-electron chi connectivity index (χ1n) is 7.37. The maximum atomic E-state index is 13.4. The summed E-state index contributed by atoms with van der Waals surface area (Å²) in [7, 11) is 0. The third kappa shape index (κ3) is 5.31. The molecule has 1 heterocycles. The molecule has 0 aromatic heterocycles. The third-order valence-electron chi connectivity index (χ3n) is 3.61. The van der Waals surface area contributed by atoms with E-state index in [1.54, 1.807) is 4.90 Å². The first kappa shape index (κ1) is 17.9. The van der Waals surface area contributed by atoms with E-state index < -0.39 is 24.0 Å². The Kier molecular flexibility index (Phi) is 6.59. The third-order valence-corrected chi connectivity index (χ3v) is 4.70. The Morgan fingerprint density at radius 1 is 1.48 bits per heavy atom. The zero-order chi connectivity index (χ0) is 16.8. The van der Waals surface area contributed by atoms with Crippen molar-refractivity contribution in [1.29, 1.82) is 0 Å². The van der Waals surface area contributed by atoms with Gasteiger partial charge in [0.1, 0.15) is 5.82 Å². The molecule has 0 radical (unpaired) electrons. The molecule has 0 bridgehead atoms. The highest BCUT2D eigenvalue weighted by Gasteiger charge is 2.23. The topological polar surface area (TPSA) is 52.6 Å². The minimum absolute atomic E-state index is 0.0131. The van der Waals surface area contributed by atoms with Crippen LogP contribution in [0.15, 0.2) is 23.1 Å². The summed E-state index contributed by atoms with van der Waals surface area (Å²) >= 11 is 0.868. The van der Waals surface area contributed by atoms with Crippen molar-refractivity contribution < 1.29 is 23.1 Å². The van der Waals surface area contributed by atoms with Gasteiger partial charge in [-0.05, 0) is 37.0 Å². The molecule has 1 aromatic rings. The fourth-order valence-electron chi connectivity index (χ4n) is 2.47. The van der Waals surface area contributed by atoms with Gasteiger partial charge in [-0.2, -0.15) is 0 Å². The highest BCUT2D eigenvalue weighted by atomic mass is 32.2. The van der Waals surface area contributed by atoms with Crippen LogP contribution >= 0.6 is 11.8 Å². The second kappa shape index (κ2) is 8.44. The number of piperidine rings is 1. The lowest BCUT2D eigenvalue weighted by Gasteiger charge is -2.32. The number of thioether (sulfide) groups is 1. The number of alkyl halides is 2. The number of nitrogens with one attached hydrogen (secondary N) is 1. The fraction of sp³-hybridized carbons (Fsp3) is 0.533. The number of hydrogen-bond acceptors (Lipinski definition) is 3. The van der Waals surface area contributed by atoms with Crippen LogP contribution in [0.5, 0.6) is 0 Å². The number of benzene rings is 1. The van der Waals surface area contributed by atoms with E-state index in [4.69, 9.17) is 0 Å². The zero-order valence-corrected chi connectivity index (χ0v) is 13.3. The zero-order valence-electron chi connectivity index (χ0n) is 12.5. The number of likely N-dealkylation sites (tertiary alicyclic amines) is 1. The van der Waals surface area contributed by atoms with Crippen molar-refractivity contribution >= 4 is 23.5 Å². The van der Waals surface area contributed by atoms with Crippen LogP contribution in [0.25, 0.3) is 0 Å². The SMILES string of the molecule is O=C(Nc1cc(F)ccc1SCC(F)F)N1CCCC(CO)C1. The van der Waals surface area contributed by atoms with Crippen molar-refractivity contribution in [3.05, 3.63) is 24.0 Å². The quantitative estimate of drug-likeness (QED) is 0.802. The minimum Gasteiger partial charge on any atom is -0.396 e. The predicted octanol–water partition coefficient (Wildman–Crippen LogP) is 3.42. The molecule has 8 heteroatoms. The number of amides is 2. The van der Waals surface area contributed by atoms with Gasteiger partial charge >= 0.3 is 6.03 Å². The van der Waals surface area contributed by atoms with E-state index in [2.05, 4.69) is 5.32 Å². The number of nitrogens with zero attached hydrogens (tertiary/aromatic N) is 1. The number of carbonyl (C=O) groups excluding carboxylic acids is 1. The number of rotatable bonds is 5. The van der Waals surface area contributed by atoms with Crippen molar-refractivity contribution in [2.75, 3.05) is 30.8 Å². The van der Waals surface area contributed by atoms with E-state index in [0.29, 0.717) is 18.0 Å². The average Bonchev–Trinajstić information content (AvgIpc) is 2.54. The Bertz CT molecular complexity index is 545. The summed E-state index contributed by atoms with van der Waals surface area (Å²) in [5.41, 5.74) is 0.187. The molecule has 128 valence electrons. The smallest absolute Gasteiger partial charge is 0.321 e. The molecule has 0 saturated carbocycles. The standard InChI is InChI=1S/C15H19F3N2O2S/c16-11-3-4-13(23-9-14(17)18)12(6-11)19-15(22)20-5-1-2-10(7-20)8-21/h3-4,6,10,14,21H,1-2,5,7-9H2,(H,19,22). The van der Waals surface area contributed by atoms with Gasteiger partial charge in [-0.25, -0.2) is 18.0 Å². The molecule has 23 heavy (non-hydrogen) atoms. The Hall–Kier alpha value is -1.41. The maximum absolute atomic E-state index is 13.4. The molecule has 1 unspecified atom stereocenters. The molecule has 1 atom stereocenters. The normalized spacial score (nSPS) is 18.3. The van der Waals surface area contributed by atoms with E-state index >= 15 is 0 Å². The lowest BCUT2D eigenvalue weighted by Crippen LogP contribution is -2.43. The van der Waals surface area contributed by atoms with Gasteiger partial charge in [-0.15, -0.1) is 11.8 Å². The van der Waals surface area contributed by atoms with Gasteiger partial charge < -0.3 is 15.3 Å². The Morgan fingerprint density at radius 3 is 2.96 bits per heavy atom. The van der Waals surface area contributed by atoms with E-state index in [1.165, 1.54) is 12.1 Å². The fourth-order valence-corrected chi connectivity index (χ4v) is 3.21. The molecule has 0 spiro atoms. The lowest BCUT2D eigenvalue weighted by molar-refractivity contribution is 0.136. The van der Waals surface area contributed by atoms with Gasteiger partial charge in [0.25, 0.3) is 0 Å². The maximum Gasteiger partial charge on any atom is 0.321 e. The summed E-state index contributed by atoms with van der Waals surface area (Å²) in [6.07, 6.45) is -0.842. The molecule has 1 fully saturated rings. The van der Waals surface area contributed by atoms with Crippen LogP contribution < -0.4 is 5.32 Å². The summed E-state index contributed by atoms with van der Waals surface area (Å²) < 4.78 is 38.1. The number of hydrogen-bond donors (Lipinski definition) is 2. The molecule has 2 amide bonds. The van der Waals surface area contributed by atoms with Crippen LogP contribution in [-0.4, -0.2) is 47.9 Å². The molecule has 1 aromatic carbocycles. The Morgan fingerprint density at radius 2 is 2.26 bits per heavy atom. The number of aliphatic hydroxyl groups excluding tert-OH is 1. The van der Waals surface area contributed by atoms with Crippen molar-refractivity contribution in [3.63, 3.8) is 0 Å². The summed E-state index contributed by atoms with van der Waals surface area (Å²) in [5.74, 6) is -0.937. The molecule has 0 aliphatic carbocycles. The summed E-state index contributed by atoms with van der Waals surface area (Å²) in [6.45, 7) is 0.994. The average molecular weight is 348 g/mol. The number of carbonyl (C=O) groups is 1. The summed E-state index contributed by atoms with van der Waals surface area (Å²) in [6, 6.07) is 3.27. The molecule has 2 N–H and O–H groups in total. The molecule has 2 rings (SSSR count). The van der Waals surface area contributed by atoms with Crippen LogP contribution in [0.3, 0.4) is 0 Å². The number of halogens is 3. The molecular weight excluding hydrogens is 329 g/mol. The van der Waals surface area contributed by atoms with Gasteiger partial charge in [0.15, 0.2) is 0 Å². The first-order chi connectivity index (χ1) is 11.0. The van der Waals surface area contributed by atoms with Crippen molar-refractivity contribution in [2.45, 2.75) is 24.2 Å². The van der Waals surface area contributed by atoms with Crippen LogP contribution in [-0.2, 0) is 0 Å². The molecule has 1 aliphatic heterocycles. The highest BCUT2D eigenvalue weighted by molar-refractivity contribution is 7.99. The minimum atomic E-state index is -2.49. The second-order valence-corrected chi connectivity index (χ2v) is 6.47. The van der Waals surface area contributed by atoms with Gasteiger partial charge in [0.05, 0.1) is 11.4 Å². The number of anilines is 1. The summed E-state index contributed by atoms with van der Waals surface area (Å²) in [4.78, 5) is 14.2. The molecular formula is C15H19F3N2O2S. The number of aliphatic hydroxyl groups is 1. The van der Waals surface area contributed by atoms with Gasteiger partial charge in [0, 0.05) is 24.6 Å². The highest BCUT2D eigenvalue weighted by Crippen LogP contribution is 2.30. The van der Waals surface area contributed by atoms with E-state index in [9.17, 15) is 23.1 Å². The van der Waals surface area contributed by atoms with Crippen LogP contribution in [0.4, 0.5) is 23.7 Å². The second-order valence-electron chi connectivity index (χ2n) is 5.41. The predicted molar refractivity (Wildman–Crippen MR) is 83.5 cm³/mol. The summed E-state index contributed by atoms with van der Waals surface area (Å²) in [5, 5.41) is 11.8. The van der Waals surface area contributed by atoms with Crippen molar-refractivity contribution in [2.24, 2.45) is 5.92 Å². The van der Waals surface area contributed by atoms with E-state index in [0.717, 1.165) is 30.7 Å².